The molecule has 208 valence electrons. The molecule has 4 unspecified atom stereocenters. The van der Waals surface area contributed by atoms with Gasteiger partial charge >= 0.3 is 0 Å². The predicted octanol–water partition coefficient (Wildman–Crippen LogP) is 3.56. The number of hydrogen-bond donors (Lipinski definition) is 7. The number of carbonyl (C=O) groups is 1. The standard InChI is InChI=1S/C30H22O11/c31-14-4-1-12(2-5-14)29-30(28(38)24-19(35)8-15(32)9-22(24)41-30)25-23(40-29)11-21-16(26(25)37)10-20(36)27(39-21)13-3-6-17(33)18(34)7-13/h1-9,11,20,27,29,31-37H,10H2. The molecule has 7 rings (SSSR count). The molecule has 0 radical (unpaired) electrons. The van der Waals surface area contributed by atoms with Crippen molar-refractivity contribution in [3.63, 3.8) is 0 Å². The van der Waals surface area contributed by atoms with Crippen molar-refractivity contribution < 1.29 is 54.8 Å². The summed E-state index contributed by atoms with van der Waals surface area (Å²) >= 11 is 0. The summed E-state index contributed by atoms with van der Waals surface area (Å²) in [5.41, 5.74) is -1.35. The van der Waals surface area contributed by atoms with Gasteiger partial charge in [0.1, 0.15) is 51.9 Å². The number of benzene rings is 4. The zero-order valence-electron chi connectivity index (χ0n) is 21.0. The SMILES string of the molecule is O=C1c2c(O)cc(O)cc2OC12c1c(cc3c(c1O)CC(O)C(c1ccc(O)c(O)c1)O3)OC2c1ccc(O)cc1. The summed E-state index contributed by atoms with van der Waals surface area (Å²) in [7, 11) is 0. The Bertz CT molecular complexity index is 1760. The van der Waals surface area contributed by atoms with Crippen molar-refractivity contribution in [1.82, 2.24) is 0 Å². The van der Waals surface area contributed by atoms with Crippen LogP contribution in [0.2, 0.25) is 0 Å². The summed E-state index contributed by atoms with van der Waals surface area (Å²) < 4.78 is 18.5. The lowest BCUT2D eigenvalue weighted by Crippen LogP contribution is -2.41. The number of fused-ring (bicyclic) bond motifs is 4. The third-order valence-electron chi connectivity index (χ3n) is 7.76. The molecule has 4 aromatic carbocycles. The molecule has 11 heteroatoms. The summed E-state index contributed by atoms with van der Waals surface area (Å²) in [6.07, 6.45) is -3.49. The van der Waals surface area contributed by atoms with Gasteiger partial charge in [-0.2, -0.15) is 0 Å². The first-order valence-corrected chi connectivity index (χ1v) is 12.6. The number of carbonyl (C=O) groups excluding carboxylic acids is 1. The van der Waals surface area contributed by atoms with Gasteiger partial charge < -0.3 is 50.0 Å². The Balaban J connectivity index is 1.40. The number of aliphatic hydroxyl groups excluding tert-OH is 1. The average Bonchev–Trinajstić information content (AvgIpc) is 3.40. The van der Waals surface area contributed by atoms with Gasteiger partial charge in [0, 0.05) is 30.2 Å². The Morgan fingerprint density at radius 2 is 1.44 bits per heavy atom. The summed E-state index contributed by atoms with van der Waals surface area (Å²) in [5, 5.41) is 72.7. The number of Topliss-reactive ketones (excluding diaryl/α,β-unsaturated/α-hetero) is 1. The Morgan fingerprint density at radius 1 is 0.707 bits per heavy atom. The van der Waals surface area contributed by atoms with Gasteiger partial charge in [-0.25, -0.2) is 0 Å². The van der Waals surface area contributed by atoms with Crippen molar-refractivity contribution in [3.05, 3.63) is 88.5 Å². The van der Waals surface area contributed by atoms with E-state index in [1.54, 1.807) is 0 Å². The molecule has 4 aromatic rings. The highest BCUT2D eigenvalue weighted by atomic mass is 16.6. The number of phenolic OH excluding ortho intramolecular Hbond substituents is 6. The van der Waals surface area contributed by atoms with Crippen LogP contribution in [-0.2, 0) is 12.0 Å². The van der Waals surface area contributed by atoms with Crippen LogP contribution >= 0.6 is 0 Å². The van der Waals surface area contributed by atoms with E-state index in [0.717, 1.165) is 6.07 Å². The molecule has 0 aliphatic carbocycles. The number of hydrogen-bond acceptors (Lipinski definition) is 11. The van der Waals surface area contributed by atoms with E-state index in [1.807, 2.05) is 0 Å². The molecule has 0 aromatic heterocycles. The molecule has 3 heterocycles. The number of ketones is 1. The van der Waals surface area contributed by atoms with Crippen molar-refractivity contribution in [2.24, 2.45) is 0 Å². The molecule has 41 heavy (non-hydrogen) atoms. The van der Waals surface area contributed by atoms with Gasteiger partial charge in [-0.15, -0.1) is 0 Å². The summed E-state index contributed by atoms with van der Waals surface area (Å²) in [6, 6.07) is 13.5. The molecular formula is C30H22O11. The van der Waals surface area contributed by atoms with Crippen LogP contribution in [0.1, 0.15) is 44.8 Å². The number of aromatic hydroxyl groups is 6. The Kier molecular flexibility index (Phi) is 5.04. The quantitative estimate of drug-likeness (QED) is 0.178. The van der Waals surface area contributed by atoms with Gasteiger partial charge in [-0.3, -0.25) is 4.79 Å². The maximum atomic E-state index is 14.1. The van der Waals surface area contributed by atoms with Crippen molar-refractivity contribution in [2.75, 3.05) is 0 Å². The molecule has 3 aliphatic heterocycles. The van der Waals surface area contributed by atoms with Gasteiger partial charge in [0.15, 0.2) is 17.6 Å². The van der Waals surface area contributed by atoms with Crippen LogP contribution in [0.5, 0.6) is 51.7 Å². The Hall–Kier alpha value is -5.29. The highest BCUT2D eigenvalue weighted by molar-refractivity contribution is 6.12. The predicted molar refractivity (Wildman–Crippen MR) is 139 cm³/mol. The molecule has 0 fully saturated rings. The van der Waals surface area contributed by atoms with Crippen LogP contribution in [0, 0.1) is 0 Å². The highest BCUT2D eigenvalue weighted by Gasteiger charge is 2.64. The van der Waals surface area contributed by atoms with E-state index >= 15 is 0 Å². The van der Waals surface area contributed by atoms with E-state index in [2.05, 4.69) is 0 Å². The van der Waals surface area contributed by atoms with E-state index in [-0.39, 0.29) is 57.6 Å². The molecule has 3 aliphatic rings. The maximum Gasteiger partial charge on any atom is 0.244 e. The van der Waals surface area contributed by atoms with Gasteiger partial charge in [0.25, 0.3) is 0 Å². The van der Waals surface area contributed by atoms with Gasteiger partial charge in [0.2, 0.25) is 11.4 Å². The minimum Gasteiger partial charge on any atom is -0.508 e. The minimum atomic E-state index is -2.04. The van der Waals surface area contributed by atoms with Crippen molar-refractivity contribution in [2.45, 2.75) is 30.3 Å². The lowest BCUT2D eigenvalue weighted by atomic mass is 9.79. The van der Waals surface area contributed by atoms with E-state index in [9.17, 15) is 40.5 Å². The lowest BCUT2D eigenvalue weighted by molar-refractivity contribution is 0.00599. The molecule has 1 spiro atoms. The molecule has 0 amide bonds. The molecule has 0 saturated heterocycles. The second kappa shape index (κ2) is 8.35. The number of ether oxygens (including phenoxy) is 3. The topological polar surface area (TPSA) is 186 Å². The van der Waals surface area contributed by atoms with Gasteiger partial charge in [0.05, 0.1) is 11.7 Å². The number of aliphatic hydroxyl groups is 1. The summed E-state index contributed by atoms with van der Waals surface area (Å²) in [6.45, 7) is 0. The molecule has 7 N–H and O–H groups in total. The lowest BCUT2D eigenvalue weighted by Gasteiger charge is -2.33. The van der Waals surface area contributed by atoms with Gasteiger partial charge in [-0.1, -0.05) is 18.2 Å². The van der Waals surface area contributed by atoms with Crippen LogP contribution in [0.25, 0.3) is 0 Å². The van der Waals surface area contributed by atoms with Gasteiger partial charge in [-0.05, 0) is 35.4 Å². The first-order chi connectivity index (χ1) is 19.6. The Labute approximate surface area is 231 Å². The second-order valence-electron chi connectivity index (χ2n) is 10.2. The van der Waals surface area contributed by atoms with Crippen LogP contribution in [0.15, 0.2) is 60.7 Å². The third-order valence-corrected chi connectivity index (χ3v) is 7.76. The van der Waals surface area contributed by atoms with E-state index in [1.165, 1.54) is 54.6 Å². The zero-order valence-corrected chi connectivity index (χ0v) is 21.0. The van der Waals surface area contributed by atoms with Crippen molar-refractivity contribution in [3.8, 4) is 51.7 Å². The fourth-order valence-electron chi connectivity index (χ4n) is 5.89. The van der Waals surface area contributed by atoms with Crippen molar-refractivity contribution in [1.29, 1.82) is 0 Å². The summed E-state index contributed by atoms with van der Waals surface area (Å²) in [5.74, 6) is -2.71. The fraction of sp³-hybridized carbons (Fsp3) is 0.167. The molecule has 11 nitrogen and oxygen atoms in total. The van der Waals surface area contributed by atoms with Crippen molar-refractivity contribution >= 4 is 5.78 Å². The van der Waals surface area contributed by atoms with Crippen LogP contribution < -0.4 is 14.2 Å². The molecule has 0 bridgehead atoms. The monoisotopic (exact) mass is 558 g/mol. The first kappa shape index (κ1) is 24.7. The van der Waals surface area contributed by atoms with E-state index in [4.69, 9.17) is 14.2 Å². The average molecular weight is 558 g/mol. The zero-order chi connectivity index (χ0) is 28.8. The maximum absolute atomic E-state index is 14.1. The number of rotatable bonds is 2. The highest BCUT2D eigenvalue weighted by Crippen LogP contribution is 2.63. The normalized spacial score (nSPS) is 23.7. The summed E-state index contributed by atoms with van der Waals surface area (Å²) in [4.78, 5) is 14.1. The fourth-order valence-corrected chi connectivity index (χ4v) is 5.89. The molecule has 4 atom stereocenters. The number of phenols is 6. The Morgan fingerprint density at radius 3 is 2.17 bits per heavy atom. The van der Waals surface area contributed by atoms with E-state index in [0.29, 0.717) is 11.1 Å². The van der Waals surface area contributed by atoms with Crippen LogP contribution in [0.3, 0.4) is 0 Å². The minimum absolute atomic E-state index is 0.0326. The largest absolute Gasteiger partial charge is 0.508 e. The smallest absolute Gasteiger partial charge is 0.244 e. The molecule has 0 saturated carbocycles. The van der Waals surface area contributed by atoms with Crippen LogP contribution in [-0.4, -0.2) is 47.6 Å². The van der Waals surface area contributed by atoms with E-state index < -0.39 is 46.9 Å². The molecular weight excluding hydrogens is 536 g/mol. The first-order valence-electron chi connectivity index (χ1n) is 12.6. The second-order valence-corrected chi connectivity index (χ2v) is 10.2. The van der Waals surface area contributed by atoms with Crippen LogP contribution in [0.4, 0.5) is 0 Å². The third kappa shape index (κ3) is 3.39.